The lowest BCUT2D eigenvalue weighted by atomic mass is 10.1. The van der Waals surface area contributed by atoms with Crippen LogP contribution in [0.4, 0.5) is 0 Å². The largest absolute Gasteiger partial charge is 0.337 e. The number of amides is 1. The first kappa shape index (κ1) is 19.0. The summed E-state index contributed by atoms with van der Waals surface area (Å²) in [5.74, 6) is 1.22. The summed E-state index contributed by atoms with van der Waals surface area (Å²) in [6, 6.07) is 19.4. The average Bonchev–Trinajstić information content (AvgIpc) is 2.82. The van der Waals surface area contributed by atoms with Crippen LogP contribution >= 0.6 is 11.8 Å². The van der Waals surface area contributed by atoms with Crippen molar-refractivity contribution in [3.05, 3.63) is 65.7 Å². The van der Waals surface area contributed by atoms with Crippen LogP contribution in [0.1, 0.15) is 17.5 Å². The summed E-state index contributed by atoms with van der Waals surface area (Å²) >= 11 is 1.85. The molecule has 2 aromatic rings. The lowest BCUT2D eigenvalue weighted by Crippen LogP contribution is -2.44. The number of aryl methyl sites for hydroxylation is 1. The van der Waals surface area contributed by atoms with Gasteiger partial charge in [0.1, 0.15) is 0 Å². The molecule has 0 bridgehead atoms. The highest BCUT2D eigenvalue weighted by atomic mass is 32.2. The monoisotopic (exact) mass is 368 g/mol. The molecule has 0 saturated carbocycles. The summed E-state index contributed by atoms with van der Waals surface area (Å²) in [5, 5.41) is 0. The van der Waals surface area contributed by atoms with Crippen molar-refractivity contribution >= 4 is 17.7 Å². The predicted octanol–water partition coefficient (Wildman–Crippen LogP) is 3.86. The fourth-order valence-corrected chi connectivity index (χ4v) is 4.31. The summed E-state index contributed by atoms with van der Waals surface area (Å²) in [7, 11) is 2.10. The van der Waals surface area contributed by atoms with Gasteiger partial charge in [-0.05, 0) is 38.1 Å². The summed E-state index contributed by atoms with van der Waals surface area (Å²) < 4.78 is 0. The van der Waals surface area contributed by atoms with Crippen molar-refractivity contribution in [3.63, 3.8) is 0 Å². The van der Waals surface area contributed by atoms with Gasteiger partial charge in [-0.25, -0.2) is 0 Å². The molecule has 0 unspecified atom stereocenters. The van der Waals surface area contributed by atoms with E-state index in [1.807, 2.05) is 17.8 Å². The number of carbonyl (C=O) groups excluding carboxylic acids is 1. The van der Waals surface area contributed by atoms with Gasteiger partial charge in [0.2, 0.25) is 5.91 Å². The second-order valence-electron chi connectivity index (χ2n) is 7.11. The van der Waals surface area contributed by atoms with Crippen molar-refractivity contribution in [3.8, 4) is 0 Å². The molecule has 0 N–H and O–H groups in total. The molecule has 1 saturated heterocycles. The average molecular weight is 369 g/mol. The number of hydrogen-bond acceptors (Lipinski definition) is 3. The molecule has 0 spiro atoms. The molecular formula is C22H28N2OS. The van der Waals surface area contributed by atoms with E-state index in [9.17, 15) is 4.79 Å². The van der Waals surface area contributed by atoms with E-state index in [1.54, 1.807) is 0 Å². The molecule has 3 rings (SSSR count). The number of benzene rings is 2. The van der Waals surface area contributed by atoms with Crippen molar-refractivity contribution < 1.29 is 4.79 Å². The zero-order valence-corrected chi connectivity index (χ0v) is 16.5. The molecule has 1 aliphatic heterocycles. The number of carbonyl (C=O) groups is 1. The van der Waals surface area contributed by atoms with Crippen LogP contribution in [0.3, 0.4) is 0 Å². The first-order chi connectivity index (χ1) is 12.6. The SMILES string of the molecule is Cc1ccc(SC[C@H](Cc2ccccc2)N2CCN(C)CCC2=O)cc1. The fourth-order valence-electron chi connectivity index (χ4n) is 3.30. The molecule has 1 fully saturated rings. The van der Waals surface area contributed by atoms with Crippen molar-refractivity contribution in [2.45, 2.75) is 30.7 Å². The summed E-state index contributed by atoms with van der Waals surface area (Å²) in [6.07, 6.45) is 1.53. The van der Waals surface area contributed by atoms with Crippen LogP contribution in [0.15, 0.2) is 59.5 Å². The van der Waals surface area contributed by atoms with Crippen LogP contribution in [-0.2, 0) is 11.2 Å². The molecule has 26 heavy (non-hydrogen) atoms. The van der Waals surface area contributed by atoms with Gasteiger partial charge >= 0.3 is 0 Å². The van der Waals surface area contributed by atoms with Crippen LogP contribution in [-0.4, -0.2) is 54.2 Å². The lowest BCUT2D eigenvalue weighted by Gasteiger charge is -2.31. The number of hydrogen-bond donors (Lipinski definition) is 0. The van der Waals surface area contributed by atoms with E-state index >= 15 is 0 Å². The van der Waals surface area contributed by atoms with E-state index in [0.29, 0.717) is 12.3 Å². The molecule has 1 heterocycles. The van der Waals surface area contributed by atoms with Crippen molar-refractivity contribution in [2.24, 2.45) is 0 Å². The van der Waals surface area contributed by atoms with Crippen molar-refractivity contribution in [1.82, 2.24) is 9.80 Å². The van der Waals surface area contributed by atoms with E-state index in [4.69, 9.17) is 0 Å². The zero-order valence-electron chi connectivity index (χ0n) is 15.7. The lowest BCUT2D eigenvalue weighted by molar-refractivity contribution is -0.132. The Morgan fingerprint density at radius 1 is 1.00 bits per heavy atom. The van der Waals surface area contributed by atoms with E-state index in [2.05, 4.69) is 72.3 Å². The third-order valence-corrected chi connectivity index (χ3v) is 6.13. The van der Waals surface area contributed by atoms with Gasteiger partial charge in [0.15, 0.2) is 0 Å². The highest BCUT2D eigenvalue weighted by Gasteiger charge is 2.26. The fraction of sp³-hybridized carbons (Fsp3) is 0.409. The van der Waals surface area contributed by atoms with Crippen LogP contribution in [0.2, 0.25) is 0 Å². The Morgan fingerprint density at radius 3 is 2.46 bits per heavy atom. The van der Waals surface area contributed by atoms with E-state index in [1.165, 1.54) is 16.0 Å². The van der Waals surface area contributed by atoms with Gasteiger partial charge in [0.05, 0.1) is 0 Å². The molecule has 1 aliphatic rings. The first-order valence-electron chi connectivity index (χ1n) is 9.33. The van der Waals surface area contributed by atoms with Gasteiger partial charge in [-0.3, -0.25) is 4.79 Å². The summed E-state index contributed by atoms with van der Waals surface area (Å²) in [4.78, 5) is 18.4. The maximum Gasteiger partial charge on any atom is 0.224 e. The molecular weight excluding hydrogens is 340 g/mol. The van der Waals surface area contributed by atoms with E-state index < -0.39 is 0 Å². The molecule has 4 heteroatoms. The Balaban J connectivity index is 1.74. The van der Waals surface area contributed by atoms with Gasteiger partial charge in [-0.1, -0.05) is 48.0 Å². The Morgan fingerprint density at radius 2 is 1.73 bits per heavy atom. The Hall–Kier alpha value is -1.78. The normalized spacial score (nSPS) is 17.2. The standard InChI is InChI=1S/C22H28N2OS/c1-18-8-10-21(11-9-18)26-17-20(16-19-6-4-3-5-7-19)24-15-14-23(2)13-12-22(24)25/h3-11,20H,12-17H2,1-2H3/t20-/m0/s1. The van der Waals surface area contributed by atoms with Gasteiger partial charge in [0, 0.05) is 42.7 Å². The number of likely N-dealkylation sites (N-methyl/N-ethyl adjacent to an activating group) is 1. The minimum atomic E-state index is 0.225. The maximum atomic E-state index is 12.7. The van der Waals surface area contributed by atoms with Crippen LogP contribution in [0.5, 0.6) is 0 Å². The number of thioether (sulfide) groups is 1. The Labute approximate surface area is 161 Å². The van der Waals surface area contributed by atoms with Gasteiger partial charge in [-0.15, -0.1) is 11.8 Å². The Kier molecular flexibility index (Phi) is 6.75. The second kappa shape index (κ2) is 9.24. The molecule has 1 atom stereocenters. The number of nitrogens with zero attached hydrogens (tertiary/aromatic N) is 2. The molecule has 0 aromatic heterocycles. The molecule has 138 valence electrons. The molecule has 1 amide bonds. The highest BCUT2D eigenvalue weighted by molar-refractivity contribution is 7.99. The van der Waals surface area contributed by atoms with Crippen LogP contribution in [0, 0.1) is 6.92 Å². The maximum absolute atomic E-state index is 12.7. The van der Waals surface area contributed by atoms with Crippen molar-refractivity contribution in [1.29, 1.82) is 0 Å². The second-order valence-corrected chi connectivity index (χ2v) is 8.20. The molecule has 3 nitrogen and oxygen atoms in total. The molecule has 0 aliphatic carbocycles. The van der Waals surface area contributed by atoms with E-state index in [-0.39, 0.29) is 6.04 Å². The van der Waals surface area contributed by atoms with Crippen LogP contribution in [0.25, 0.3) is 0 Å². The summed E-state index contributed by atoms with van der Waals surface area (Å²) in [5.41, 5.74) is 2.58. The third-order valence-electron chi connectivity index (χ3n) is 4.97. The molecule has 0 radical (unpaired) electrons. The molecule has 2 aromatic carbocycles. The van der Waals surface area contributed by atoms with Crippen LogP contribution < -0.4 is 0 Å². The first-order valence-corrected chi connectivity index (χ1v) is 10.3. The van der Waals surface area contributed by atoms with Gasteiger partial charge in [-0.2, -0.15) is 0 Å². The van der Waals surface area contributed by atoms with Gasteiger partial charge in [0.25, 0.3) is 0 Å². The van der Waals surface area contributed by atoms with E-state index in [0.717, 1.165) is 31.8 Å². The smallest absolute Gasteiger partial charge is 0.224 e. The third kappa shape index (κ3) is 5.36. The topological polar surface area (TPSA) is 23.6 Å². The minimum absolute atomic E-state index is 0.225. The van der Waals surface area contributed by atoms with Gasteiger partial charge < -0.3 is 9.80 Å². The van der Waals surface area contributed by atoms with Crippen molar-refractivity contribution in [2.75, 3.05) is 32.4 Å². The number of rotatable bonds is 6. The highest BCUT2D eigenvalue weighted by Crippen LogP contribution is 2.23. The summed E-state index contributed by atoms with van der Waals surface area (Å²) in [6.45, 7) is 4.74. The zero-order chi connectivity index (χ0) is 18.4. The quantitative estimate of drug-likeness (QED) is 0.724. The Bertz CT molecular complexity index is 702. The minimum Gasteiger partial charge on any atom is -0.337 e. The predicted molar refractivity (Wildman–Crippen MR) is 110 cm³/mol.